The molecule has 0 aliphatic carbocycles. The molecule has 7 heteroatoms. The third kappa shape index (κ3) is 3.31. The predicted molar refractivity (Wildman–Crippen MR) is 102 cm³/mol. The fourth-order valence-corrected chi connectivity index (χ4v) is 5.05. The van der Waals surface area contributed by atoms with Gasteiger partial charge in [0.05, 0.1) is 28.7 Å². The van der Waals surface area contributed by atoms with Crippen molar-refractivity contribution in [3.63, 3.8) is 0 Å². The van der Waals surface area contributed by atoms with Gasteiger partial charge in [0.1, 0.15) is 0 Å². The Balaban J connectivity index is 1.42. The molecule has 4 rings (SSSR count). The van der Waals surface area contributed by atoms with E-state index in [2.05, 4.69) is 22.5 Å². The summed E-state index contributed by atoms with van der Waals surface area (Å²) in [6, 6.07) is 8.18. The molecule has 1 N–H and O–H groups in total. The maximum Gasteiger partial charge on any atom is 0.253 e. The van der Waals surface area contributed by atoms with E-state index in [1.165, 1.54) is 0 Å². The van der Waals surface area contributed by atoms with Crippen molar-refractivity contribution in [2.75, 3.05) is 18.0 Å². The Hall–Kier alpha value is -2.44. The van der Waals surface area contributed by atoms with Gasteiger partial charge in [-0.25, -0.2) is 0 Å². The summed E-state index contributed by atoms with van der Waals surface area (Å²) in [6.45, 7) is 1.76. The molecule has 1 aromatic rings. The number of anilines is 1. The van der Waals surface area contributed by atoms with E-state index in [0.717, 1.165) is 44.5 Å². The molecule has 1 amide bonds. The highest BCUT2D eigenvalue weighted by Crippen LogP contribution is 2.37. The minimum Gasteiger partial charge on any atom is -0.371 e. The highest BCUT2D eigenvalue weighted by molar-refractivity contribution is 6.34. The maximum absolute atomic E-state index is 12.7. The largest absolute Gasteiger partial charge is 0.371 e. The minimum absolute atomic E-state index is 0.0111. The van der Waals surface area contributed by atoms with Gasteiger partial charge in [-0.15, -0.1) is 0 Å². The summed E-state index contributed by atoms with van der Waals surface area (Å²) in [5.41, 5.74) is 1.46. The molecule has 3 fully saturated rings. The Morgan fingerprint density at radius 1 is 1.30 bits per heavy atom. The Kier molecular flexibility index (Phi) is 4.85. The van der Waals surface area contributed by atoms with Gasteiger partial charge >= 0.3 is 0 Å². The van der Waals surface area contributed by atoms with Crippen LogP contribution in [0.4, 0.5) is 5.69 Å². The fraction of sp³-hybridized carbons (Fsp3) is 0.550. The van der Waals surface area contributed by atoms with Crippen LogP contribution in [0.3, 0.4) is 0 Å². The third-order valence-corrected chi connectivity index (χ3v) is 6.51. The van der Waals surface area contributed by atoms with Crippen LogP contribution in [-0.4, -0.2) is 42.0 Å². The monoisotopic (exact) mass is 383 g/mol. The molecule has 0 spiro atoms. The number of nitriles is 2. The van der Waals surface area contributed by atoms with Crippen molar-refractivity contribution >= 4 is 23.2 Å². The van der Waals surface area contributed by atoms with Gasteiger partial charge < -0.3 is 15.1 Å². The second kappa shape index (κ2) is 7.29. The van der Waals surface area contributed by atoms with Crippen molar-refractivity contribution < 1.29 is 4.79 Å². The summed E-state index contributed by atoms with van der Waals surface area (Å²) in [4.78, 5) is 16.8. The van der Waals surface area contributed by atoms with E-state index in [4.69, 9.17) is 16.9 Å². The van der Waals surface area contributed by atoms with Gasteiger partial charge in [-0.3, -0.25) is 4.79 Å². The molecule has 0 aromatic heterocycles. The lowest BCUT2D eigenvalue weighted by molar-refractivity contribution is 0.0928. The summed E-state index contributed by atoms with van der Waals surface area (Å²) in [7, 11) is 0. The van der Waals surface area contributed by atoms with E-state index in [9.17, 15) is 10.1 Å². The Morgan fingerprint density at radius 2 is 2.15 bits per heavy atom. The number of hydrogen-bond acceptors (Lipinski definition) is 5. The van der Waals surface area contributed by atoms with Gasteiger partial charge in [0.25, 0.3) is 5.91 Å². The van der Waals surface area contributed by atoms with E-state index < -0.39 is 0 Å². The molecular weight excluding hydrogens is 362 g/mol. The van der Waals surface area contributed by atoms with Crippen molar-refractivity contribution in [3.8, 4) is 12.3 Å². The van der Waals surface area contributed by atoms with Crippen LogP contribution in [0.2, 0.25) is 5.02 Å². The van der Waals surface area contributed by atoms with Crippen LogP contribution in [0.1, 0.15) is 42.5 Å². The van der Waals surface area contributed by atoms with Crippen LogP contribution in [0.15, 0.2) is 18.2 Å². The first kappa shape index (κ1) is 17.9. The molecule has 0 saturated carbocycles. The van der Waals surface area contributed by atoms with E-state index in [-0.39, 0.29) is 24.0 Å². The number of benzene rings is 1. The van der Waals surface area contributed by atoms with Crippen molar-refractivity contribution in [2.45, 2.75) is 50.2 Å². The molecule has 1 aromatic carbocycles. The van der Waals surface area contributed by atoms with Crippen molar-refractivity contribution in [1.82, 2.24) is 10.2 Å². The SMILES string of the molecule is N#CC[C@@H]1CCN(c2ccc(C(=O)N[C@@H]3C[C@@H]4CC[C@H]3N4C#N)c(Cl)c2)C1. The molecular formula is C20H22ClN5O. The number of nitrogens with one attached hydrogen (secondary N) is 1. The lowest BCUT2D eigenvalue weighted by atomic mass is 9.95. The highest BCUT2D eigenvalue weighted by atomic mass is 35.5. The lowest BCUT2D eigenvalue weighted by Gasteiger charge is -2.23. The van der Waals surface area contributed by atoms with Crippen LogP contribution >= 0.6 is 11.6 Å². The molecule has 6 nitrogen and oxygen atoms in total. The number of fused-ring (bicyclic) bond motifs is 2. The normalized spacial score (nSPS) is 28.9. The van der Waals surface area contributed by atoms with Gasteiger partial charge in [-0.1, -0.05) is 11.6 Å². The van der Waals surface area contributed by atoms with Gasteiger partial charge in [-0.2, -0.15) is 10.5 Å². The summed E-state index contributed by atoms with van der Waals surface area (Å²) in [5, 5.41) is 21.6. The fourth-order valence-electron chi connectivity index (χ4n) is 4.79. The lowest BCUT2D eigenvalue weighted by Crippen LogP contribution is -2.43. The van der Waals surface area contributed by atoms with Gasteiger partial charge in [0.2, 0.25) is 0 Å². The number of halogens is 1. The number of carbonyl (C=O) groups is 1. The Labute approximate surface area is 164 Å². The number of amides is 1. The average molecular weight is 384 g/mol. The van der Waals surface area contributed by atoms with E-state index in [1.54, 1.807) is 6.07 Å². The highest BCUT2D eigenvalue weighted by Gasteiger charge is 2.46. The van der Waals surface area contributed by atoms with Crippen LogP contribution in [0.25, 0.3) is 0 Å². The van der Waals surface area contributed by atoms with Crippen molar-refractivity contribution in [2.24, 2.45) is 5.92 Å². The molecule has 0 unspecified atom stereocenters. The van der Waals surface area contributed by atoms with E-state index >= 15 is 0 Å². The van der Waals surface area contributed by atoms with Crippen molar-refractivity contribution in [3.05, 3.63) is 28.8 Å². The zero-order valence-electron chi connectivity index (χ0n) is 15.1. The zero-order chi connectivity index (χ0) is 19.0. The number of carbonyl (C=O) groups excluding carboxylic acids is 1. The predicted octanol–water partition coefficient (Wildman–Crippen LogP) is 2.90. The molecule has 3 heterocycles. The molecule has 140 valence electrons. The summed E-state index contributed by atoms with van der Waals surface area (Å²) in [5.74, 6) is 0.225. The topological polar surface area (TPSA) is 83.2 Å². The second-order valence-corrected chi connectivity index (χ2v) is 8.16. The number of hydrogen-bond donors (Lipinski definition) is 1. The first-order valence-electron chi connectivity index (χ1n) is 9.51. The smallest absolute Gasteiger partial charge is 0.253 e. The minimum atomic E-state index is -0.175. The Morgan fingerprint density at radius 3 is 2.85 bits per heavy atom. The van der Waals surface area contributed by atoms with E-state index in [1.807, 2.05) is 17.0 Å². The summed E-state index contributed by atoms with van der Waals surface area (Å²) < 4.78 is 0. The molecule has 2 bridgehead atoms. The maximum atomic E-state index is 12.7. The quantitative estimate of drug-likeness (QED) is 0.808. The molecule has 27 heavy (non-hydrogen) atoms. The molecule has 3 aliphatic heterocycles. The number of rotatable bonds is 4. The molecule has 3 aliphatic rings. The molecule has 0 radical (unpaired) electrons. The van der Waals surface area contributed by atoms with Crippen molar-refractivity contribution in [1.29, 1.82) is 10.5 Å². The first-order valence-corrected chi connectivity index (χ1v) is 9.89. The van der Waals surface area contributed by atoms with Crippen LogP contribution in [-0.2, 0) is 0 Å². The second-order valence-electron chi connectivity index (χ2n) is 7.75. The van der Waals surface area contributed by atoms with Crippen LogP contribution < -0.4 is 10.2 Å². The first-order chi connectivity index (χ1) is 13.1. The van der Waals surface area contributed by atoms with E-state index in [0.29, 0.717) is 22.9 Å². The summed E-state index contributed by atoms with van der Waals surface area (Å²) in [6.07, 6.45) is 6.66. The number of nitrogens with zero attached hydrogens (tertiary/aromatic N) is 4. The molecule has 4 atom stereocenters. The Bertz CT molecular complexity index is 829. The third-order valence-electron chi connectivity index (χ3n) is 6.20. The standard InChI is InChI=1S/C20H22ClN5O/c21-17-9-14(25-8-6-13(11-25)5-7-22)1-3-16(17)20(27)24-18-10-15-2-4-19(18)26(15)12-23/h1,3,9,13,15,18-19H,2,4-6,8,10-11H2,(H,24,27)/t13-,15+,18-,19-/m1/s1. The summed E-state index contributed by atoms with van der Waals surface area (Å²) >= 11 is 6.42. The van der Waals surface area contributed by atoms with Gasteiger partial charge in [0.15, 0.2) is 6.19 Å². The van der Waals surface area contributed by atoms with Crippen LogP contribution in [0.5, 0.6) is 0 Å². The van der Waals surface area contributed by atoms with Gasteiger partial charge in [0, 0.05) is 31.2 Å². The molecule has 3 saturated heterocycles. The average Bonchev–Trinajstić information content (AvgIpc) is 3.35. The zero-order valence-corrected chi connectivity index (χ0v) is 15.8. The van der Waals surface area contributed by atoms with Crippen LogP contribution in [0, 0.1) is 28.7 Å². The van der Waals surface area contributed by atoms with Gasteiger partial charge in [-0.05, 0) is 49.8 Å².